The smallest absolute Gasteiger partial charge is 0.416 e. The zero-order chi connectivity index (χ0) is 24.7. The minimum atomic E-state index is -4.45. The number of hydrogen-bond donors (Lipinski definition) is 2. The summed E-state index contributed by atoms with van der Waals surface area (Å²) in [6.45, 7) is -0.107. The van der Waals surface area contributed by atoms with E-state index in [0.717, 1.165) is 12.1 Å². The van der Waals surface area contributed by atoms with Crippen LogP contribution < -0.4 is 10.1 Å². The minimum Gasteiger partial charge on any atom is -0.487 e. The zero-order valence-corrected chi connectivity index (χ0v) is 20.4. The summed E-state index contributed by atoms with van der Waals surface area (Å²) in [5.41, 5.74) is -1.57. The van der Waals surface area contributed by atoms with Gasteiger partial charge in [-0.2, -0.15) is 13.2 Å². The van der Waals surface area contributed by atoms with Crippen LogP contribution in [0.25, 0.3) is 10.8 Å². The fourth-order valence-electron chi connectivity index (χ4n) is 3.84. The molecule has 10 heteroatoms. The molecule has 0 aliphatic heterocycles. The molecule has 0 aromatic heterocycles. The van der Waals surface area contributed by atoms with E-state index >= 15 is 0 Å². The van der Waals surface area contributed by atoms with Gasteiger partial charge in [-0.15, -0.1) is 0 Å². The number of rotatable bonds is 6. The number of fused-ring (bicyclic) bond motifs is 1. The Morgan fingerprint density at radius 2 is 1.71 bits per heavy atom. The van der Waals surface area contributed by atoms with Crippen molar-refractivity contribution in [2.75, 3.05) is 0 Å². The lowest BCUT2D eigenvalue weighted by atomic mass is 9.76. The lowest BCUT2D eigenvalue weighted by Crippen LogP contribution is -2.59. The van der Waals surface area contributed by atoms with Gasteiger partial charge in [0.2, 0.25) is 0 Å². The second-order valence-electron chi connectivity index (χ2n) is 8.06. The number of benzene rings is 3. The van der Waals surface area contributed by atoms with E-state index < -0.39 is 29.2 Å². The third-order valence-electron chi connectivity index (χ3n) is 5.91. The number of ether oxygens (including phenoxy) is 1. The zero-order valence-electron chi connectivity index (χ0n) is 17.5. The first-order chi connectivity index (χ1) is 16.0. The average Bonchev–Trinajstić information content (AvgIpc) is 2.77. The summed E-state index contributed by atoms with van der Waals surface area (Å²) in [6, 6.07) is 11.5. The van der Waals surface area contributed by atoms with Crippen LogP contribution in [0.4, 0.5) is 13.2 Å². The summed E-state index contributed by atoms with van der Waals surface area (Å²) in [5, 5.41) is 13.7. The molecule has 1 aliphatic carbocycles. The molecule has 0 heterocycles. The quantitative estimate of drug-likeness (QED) is 0.319. The standard InChI is InChI=1S/C24H18ClF3INO4/c25-18-15-4-1-2-5-16(15)20(34-12-13-6-8-14(9-7-13)24(26,27)28)17(19(18)29)21(31)30-23(22(32)33)10-3-11-23/h1-2,4-9H,3,10-12H2,(H,30,31)(H,32,33). The fraction of sp³-hybridized carbons (Fsp3) is 0.250. The van der Waals surface area contributed by atoms with Gasteiger partial charge in [0.25, 0.3) is 5.91 Å². The number of hydrogen-bond acceptors (Lipinski definition) is 3. The molecule has 0 spiro atoms. The second kappa shape index (κ2) is 9.26. The van der Waals surface area contributed by atoms with Crippen molar-refractivity contribution in [3.05, 3.63) is 73.8 Å². The third-order valence-corrected chi connectivity index (χ3v) is 7.70. The highest BCUT2D eigenvalue weighted by atomic mass is 127. The lowest BCUT2D eigenvalue weighted by molar-refractivity contribution is -0.148. The molecule has 0 unspecified atom stereocenters. The highest BCUT2D eigenvalue weighted by Gasteiger charge is 2.46. The van der Waals surface area contributed by atoms with Crippen LogP contribution in [0.3, 0.4) is 0 Å². The van der Waals surface area contributed by atoms with Crippen molar-refractivity contribution in [2.45, 2.75) is 37.6 Å². The summed E-state index contributed by atoms with van der Waals surface area (Å²) in [4.78, 5) is 25.1. The summed E-state index contributed by atoms with van der Waals surface area (Å²) >= 11 is 8.46. The first kappa shape index (κ1) is 24.6. The molecule has 0 saturated heterocycles. The normalized spacial score (nSPS) is 15.0. The van der Waals surface area contributed by atoms with E-state index in [1.54, 1.807) is 24.3 Å². The van der Waals surface area contributed by atoms with Crippen LogP contribution in [-0.2, 0) is 17.6 Å². The van der Waals surface area contributed by atoms with E-state index in [2.05, 4.69) is 5.32 Å². The van der Waals surface area contributed by atoms with Crippen LogP contribution in [0.1, 0.15) is 40.7 Å². The predicted octanol–water partition coefficient (Wildman–Crippen LogP) is 6.43. The molecule has 1 fully saturated rings. The predicted molar refractivity (Wildman–Crippen MR) is 129 cm³/mol. The molecular weight excluding hydrogens is 586 g/mol. The molecule has 1 amide bonds. The van der Waals surface area contributed by atoms with Gasteiger partial charge in [-0.3, -0.25) is 4.79 Å². The van der Waals surface area contributed by atoms with Crippen molar-refractivity contribution in [1.29, 1.82) is 0 Å². The molecule has 178 valence electrons. The van der Waals surface area contributed by atoms with Crippen LogP contribution in [0, 0.1) is 3.57 Å². The summed E-state index contributed by atoms with van der Waals surface area (Å²) in [6.07, 6.45) is -3.14. The van der Waals surface area contributed by atoms with E-state index in [4.69, 9.17) is 16.3 Å². The molecule has 5 nitrogen and oxygen atoms in total. The van der Waals surface area contributed by atoms with Gasteiger partial charge >= 0.3 is 12.1 Å². The topological polar surface area (TPSA) is 75.6 Å². The number of carboxylic acids is 1. The van der Waals surface area contributed by atoms with Crippen molar-refractivity contribution < 1.29 is 32.6 Å². The maximum Gasteiger partial charge on any atom is 0.416 e. The van der Waals surface area contributed by atoms with E-state index in [9.17, 15) is 27.9 Å². The molecule has 3 aromatic rings. The molecule has 0 atom stereocenters. The Kier molecular flexibility index (Phi) is 6.69. The van der Waals surface area contributed by atoms with Gasteiger partial charge in [0.1, 0.15) is 17.9 Å². The fourth-order valence-corrected chi connectivity index (χ4v) is 4.88. The largest absolute Gasteiger partial charge is 0.487 e. The number of nitrogens with one attached hydrogen (secondary N) is 1. The molecule has 3 aromatic carbocycles. The summed E-state index contributed by atoms with van der Waals surface area (Å²) in [7, 11) is 0. The number of halogens is 5. The minimum absolute atomic E-state index is 0.0868. The second-order valence-corrected chi connectivity index (χ2v) is 9.51. The Labute approximate surface area is 211 Å². The van der Waals surface area contributed by atoms with E-state index in [0.29, 0.717) is 44.2 Å². The van der Waals surface area contributed by atoms with Crippen molar-refractivity contribution >= 4 is 56.8 Å². The van der Waals surface area contributed by atoms with Gasteiger partial charge < -0.3 is 15.2 Å². The van der Waals surface area contributed by atoms with Crippen LogP contribution >= 0.6 is 34.2 Å². The van der Waals surface area contributed by atoms with Crippen LogP contribution in [0.15, 0.2) is 48.5 Å². The molecule has 1 aliphatic rings. The monoisotopic (exact) mass is 603 g/mol. The van der Waals surface area contributed by atoms with Gasteiger partial charge in [-0.25, -0.2) is 4.79 Å². The Bertz CT molecular complexity index is 1270. The highest BCUT2D eigenvalue weighted by molar-refractivity contribution is 14.1. The maximum atomic E-state index is 13.3. The van der Waals surface area contributed by atoms with E-state index in [1.807, 2.05) is 22.6 Å². The van der Waals surface area contributed by atoms with E-state index in [-0.39, 0.29) is 17.9 Å². The number of aliphatic carboxylic acids is 1. The van der Waals surface area contributed by atoms with Gasteiger partial charge in [-0.1, -0.05) is 48.0 Å². The van der Waals surface area contributed by atoms with Crippen molar-refractivity contribution in [3.63, 3.8) is 0 Å². The van der Waals surface area contributed by atoms with Crippen molar-refractivity contribution in [2.24, 2.45) is 0 Å². The van der Waals surface area contributed by atoms with Gasteiger partial charge in [0.05, 0.1) is 16.1 Å². The van der Waals surface area contributed by atoms with Gasteiger partial charge in [0, 0.05) is 14.3 Å². The Morgan fingerprint density at radius 3 is 2.24 bits per heavy atom. The number of alkyl halides is 3. The number of amides is 1. The Hall–Kier alpha value is -2.53. The molecule has 0 bridgehead atoms. The molecule has 4 rings (SSSR count). The van der Waals surface area contributed by atoms with Gasteiger partial charge in [-0.05, 0) is 59.5 Å². The Morgan fingerprint density at radius 1 is 1.09 bits per heavy atom. The SMILES string of the molecule is O=C(NC1(C(=O)O)CCC1)c1c(I)c(Cl)c2ccccc2c1OCc1ccc(C(F)(F)F)cc1. The van der Waals surface area contributed by atoms with Gasteiger partial charge in [0.15, 0.2) is 0 Å². The lowest BCUT2D eigenvalue weighted by Gasteiger charge is -2.38. The molecule has 1 saturated carbocycles. The first-order valence-electron chi connectivity index (χ1n) is 10.3. The maximum absolute atomic E-state index is 13.3. The van der Waals surface area contributed by atoms with Crippen LogP contribution in [0.2, 0.25) is 5.02 Å². The number of carboxylic acid groups (broad SMARTS) is 1. The van der Waals surface area contributed by atoms with Crippen molar-refractivity contribution in [1.82, 2.24) is 5.32 Å². The van der Waals surface area contributed by atoms with Crippen molar-refractivity contribution in [3.8, 4) is 5.75 Å². The average molecular weight is 604 g/mol. The molecule has 0 radical (unpaired) electrons. The molecule has 2 N–H and O–H groups in total. The van der Waals surface area contributed by atoms with E-state index in [1.165, 1.54) is 12.1 Å². The molecular formula is C24H18ClF3INO4. The highest BCUT2D eigenvalue weighted by Crippen LogP contribution is 2.41. The number of carbonyl (C=O) groups excluding carboxylic acids is 1. The van der Waals surface area contributed by atoms with Crippen LogP contribution in [0.5, 0.6) is 5.75 Å². The van der Waals surface area contributed by atoms with Crippen LogP contribution in [-0.4, -0.2) is 22.5 Å². The molecule has 34 heavy (non-hydrogen) atoms. The third kappa shape index (κ3) is 4.55. The Balaban J connectivity index is 1.73. The summed E-state index contributed by atoms with van der Waals surface area (Å²) in [5.74, 6) is -1.57. The first-order valence-corrected chi connectivity index (χ1v) is 11.7. The summed E-state index contributed by atoms with van der Waals surface area (Å²) < 4.78 is 45.0. The number of carbonyl (C=O) groups is 2.